The Balaban J connectivity index is 1.39. The Kier molecular flexibility index (Phi) is 7.10. The number of carboxylic acid groups (broad SMARTS) is 1. The van der Waals surface area contributed by atoms with Crippen LogP contribution in [0, 0.1) is 0 Å². The van der Waals surface area contributed by atoms with Gasteiger partial charge in [0, 0.05) is 0 Å². The van der Waals surface area contributed by atoms with Gasteiger partial charge >= 0.3 is 12.0 Å². The van der Waals surface area contributed by atoms with Crippen LogP contribution in [0.1, 0.15) is 57.9 Å². The predicted octanol–water partition coefficient (Wildman–Crippen LogP) is 4.04. The zero-order valence-electron chi connectivity index (χ0n) is 17.9. The number of rotatable bonds is 6. The number of carboxylic acids is 1. The fraction of sp³-hybridized carbons (Fsp3) is 0.375. The zero-order valence-corrected chi connectivity index (χ0v) is 19.4. The van der Waals surface area contributed by atoms with Gasteiger partial charge in [0.05, 0.1) is 28.2 Å². The Morgan fingerprint density at radius 1 is 1.06 bits per heavy atom. The molecule has 0 heterocycles. The molecular weight excluding hydrogens is 465 g/mol. The largest absolute Gasteiger partial charge is 0.480 e. The number of halogens is 2. The van der Waals surface area contributed by atoms with Gasteiger partial charge in [-0.25, -0.2) is 9.59 Å². The van der Waals surface area contributed by atoms with E-state index in [4.69, 9.17) is 23.2 Å². The standard InChI is InChI=1S/C24H25Cl2N3O4/c25-17-11-14-6-2-4-8-16(14)21(26)20(17)22(30)28-19(23(31)32)12-27-24(33)29-18-10-9-13-5-1-3-7-15(13)18/h1,3,5,7,11,18-19H,2,4,6,8-10,12H2,(H,28,30)(H,31,32)(H2,27,29,33)/t18-,19+/m1/s1. The third-order valence-corrected chi connectivity index (χ3v) is 6.99. The Hall–Kier alpha value is -2.77. The van der Waals surface area contributed by atoms with Gasteiger partial charge in [0.2, 0.25) is 0 Å². The average Bonchev–Trinajstić information content (AvgIpc) is 3.19. The Bertz CT molecular complexity index is 1110. The number of amides is 3. The fourth-order valence-corrected chi connectivity index (χ4v) is 5.33. The summed E-state index contributed by atoms with van der Waals surface area (Å²) in [6, 6.07) is 7.64. The fourth-order valence-electron chi connectivity index (χ4n) is 4.57. The minimum absolute atomic E-state index is 0.0669. The highest BCUT2D eigenvalue weighted by Crippen LogP contribution is 2.35. The van der Waals surface area contributed by atoms with Gasteiger partial charge in [-0.15, -0.1) is 0 Å². The molecule has 0 fully saturated rings. The highest BCUT2D eigenvalue weighted by molar-refractivity contribution is 6.40. The van der Waals surface area contributed by atoms with Crippen molar-refractivity contribution in [3.63, 3.8) is 0 Å². The molecule has 0 radical (unpaired) electrons. The highest BCUT2D eigenvalue weighted by atomic mass is 35.5. The van der Waals surface area contributed by atoms with Crippen molar-refractivity contribution in [1.82, 2.24) is 16.0 Å². The molecule has 7 nitrogen and oxygen atoms in total. The minimum Gasteiger partial charge on any atom is -0.480 e. The Labute approximate surface area is 201 Å². The molecule has 0 aromatic heterocycles. The number of hydrogen-bond acceptors (Lipinski definition) is 3. The first kappa shape index (κ1) is 23.4. The quantitative estimate of drug-likeness (QED) is 0.490. The zero-order chi connectivity index (χ0) is 23.5. The lowest BCUT2D eigenvalue weighted by Gasteiger charge is -2.22. The third-order valence-electron chi connectivity index (χ3n) is 6.27. The molecule has 2 aliphatic carbocycles. The maximum atomic E-state index is 12.9. The number of hydrogen-bond donors (Lipinski definition) is 4. The topological polar surface area (TPSA) is 108 Å². The van der Waals surface area contributed by atoms with Gasteiger partial charge in [0.25, 0.3) is 5.91 Å². The van der Waals surface area contributed by atoms with Gasteiger partial charge in [-0.1, -0.05) is 47.5 Å². The molecule has 33 heavy (non-hydrogen) atoms. The second kappa shape index (κ2) is 10.0. The van der Waals surface area contributed by atoms with E-state index >= 15 is 0 Å². The molecule has 3 amide bonds. The van der Waals surface area contributed by atoms with E-state index in [-0.39, 0.29) is 28.2 Å². The predicted molar refractivity (Wildman–Crippen MR) is 126 cm³/mol. The van der Waals surface area contributed by atoms with Gasteiger partial charge in [-0.3, -0.25) is 4.79 Å². The van der Waals surface area contributed by atoms with Crippen molar-refractivity contribution < 1.29 is 19.5 Å². The average molecular weight is 490 g/mol. The van der Waals surface area contributed by atoms with Crippen molar-refractivity contribution in [2.24, 2.45) is 0 Å². The van der Waals surface area contributed by atoms with Crippen LogP contribution in [0.4, 0.5) is 4.79 Å². The van der Waals surface area contributed by atoms with E-state index in [2.05, 4.69) is 16.0 Å². The lowest BCUT2D eigenvalue weighted by Crippen LogP contribution is -2.50. The molecule has 0 spiro atoms. The first-order valence-electron chi connectivity index (χ1n) is 11.0. The van der Waals surface area contributed by atoms with Crippen LogP contribution in [0.5, 0.6) is 0 Å². The van der Waals surface area contributed by atoms with Gasteiger partial charge in [0.1, 0.15) is 6.04 Å². The molecule has 2 aromatic carbocycles. The number of fused-ring (bicyclic) bond motifs is 2. The lowest BCUT2D eigenvalue weighted by molar-refractivity contribution is -0.139. The van der Waals surface area contributed by atoms with Gasteiger partial charge in [-0.2, -0.15) is 0 Å². The lowest BCUT2D eigenvalue weighted by atomic mass is 9.90. The van der Waals surface area contributed by atoms with E-state index in [9.17, 15) is 19.5 Å². The maximum absolute atomic E-state index is 12.9. The Morgan fingerprint density at radius 2 is 1.82 bits per heavy atom. The van der Waals surface area contributed by atoms with Crippen LogP contribution in [0.3, 0.4) is 0 Å². The van der Waals surface area contributed by atoms with Crippen LogP contribution < -0.4 is 16.0 Å². The molecule has 2 aliphatic rings. The number of nitrogens with one attached hydrogen (secondary N) is 3. The van der Waals surface area contributed by atoms with E-state index in [1.54, 1.807) is 6.07 Å². The highest BCUT2D eigenvalue weighted by Gasteiger charge is 2.28. The van der Waals surface area contributed by atoms with Crippen LogP contribution in [-0.2, 0) is 24.1 Å². The molecule has 2 aromatic rings. The normalized spacial score (nSPS) is 17.5. The second-order valence-corrected chi connectivity index (χ2v) is 9.19. The van der Waals surface area contributed by atoms with E-state index < -0.39 is 23.9 Å². The van der Waals surface area contributed by atoms with Crippen LogP contribution in [0.25, 0.3) is 0 Å². The van der Waals surface area contributed by atoms with Crippen molar-refractivity contribution >= 4 is 41.1 Å². The van der Waals surface area contributed by atoms with Gasteiger partial charge < -0.3 is 21.1 Å². The molecule has 0 saturated carbocycles. The SMILES string of the molecule is O=C(NC[C@H](NC(=O)c1c(Cl)cc2c(c1Cl)CCCC2)C(=O)O)N[C@@H]1CCc2ccccc21. The van der Waals surface area contributed by atoms with E-state index in [1.165, 1.54) is 5.56 Å². The molecular formula is C24H25Cl2N3O4. The van der Waals surface area contributed by atoms with Crippen molar-refractivity contribution in [2.45, 2.75) is 50.6 Å². The summed E-state index contributed by atoms with van der Waals surface area (Å²) in [4.78, 5) is 37.0. The summed E-state index contributed by atoms with van der Waals surface area (Å²) in [5.41, 5.74) is 4.23. The minimum atomic E-state index is -1.35. The molecule has 0 aliphatic heterocycles. The molecule has 9 heteroatoms. The monoisotopic (exact) mass is 489 g/mol. The van der Waals surface area contributed by atoms with Crippen molar-refractivity contribution in [3.05, 3.63) is 68.2 Å². The van der Waals surface area contributed by atoms with Crippen molar-refractivity contribution in [2.75, 3.05) is 6.54 Å². The number of aryl methyl sites for hydroxylation is 2. The van der Waals surface area contributed by atoms with E-state index in [1.807, 2.05) is 24.3 Å². The molecule has 4 N–H and O–H groups in total. The molecule has 0 bridgehead atoms. The van der Waals surface area contributed by atoms with Gasteiger partial charge in [-0.05, 0) is 66.8 Å². The maximum Gasteiger partial charge on any atom is 0.328 e. The summed E-state index contributed by atoms with van der Waals surface area (Å²) < 4.78 is 0. The first-order chi connectivity index (χ1) is 15.8. The van der Waals surface area contributed by atoms with Crippen molar-refractivity contribution in [1.29, 1.82) is 0 Å². The van der Waals surface area contributed by atoms with E-state index in [0.29, 0.717) is 0 Å². The molecule has 0 unspecified atom stereocenters. The molecule has 4 rings (SSSR count). The summed E-state index contributed by atoms with van der Waals surface area (Å²) in [7, 11) is 0. The number of urea groups is 1. The van der Waals surface area contributed by atoms with Crippen LogP contribution in [-0.4, -0.2) is 35.6 Å². The number of benzene rings is 2. The van der Waals surface area contributed by atoms with Gasteiger partial charge in [0.15, 0.2) is 0 Å². The summed E-state index contributed by atoms with van der Waals surface area (Å²) in [6.45, 7) is -0.290. The smallest absolute Gasteiger partial charge is 0.328 e. The van der Waals surface area contributed by atoms with E-state index in [0.717, 1.165) is 55.2 Å². The van der Waals surface area contributed by atoms with Crippen LogP contribution in [0.15, 0.2) is 30.3 Å². The molecule has 174 valence electrons. The summed E-state index contributed by atoms with van der Waals surface area (Å²) >= 11 is 12.8. The third kappa shape index (κ3) is 5.09. The molecule has 2 atom stereocenters. The summed E-state index contributed by atoms with van der Waals surface area (Å²) in [6.07, 6.45) is 5.25. The second-order valence-electron chi connectivity index (χ2n) is 8.40. The number of carbonyl (C=O) groups excluding carboxylic acids is 2. The summed E-state index contributed by atoms with van der Waals surface area (Å²) in [5, 5.41) is 17.9. The number of aliphatic carboxylic acids is 1. The van der Waals surface area contributed by atoms with Crippen LogP contribution >= 0.6 is 23.2 Å². The summed E-state index contributed by atoms with van der Waals surface area (Å²) in [5.74, 6) is -1.96. The molecule has 0 saturated heterocycles. The Morgan fingerprint density at radius 3 is 2.61 bits per heavy atom. The van der Waals surface area contributed by atoms with Crippen molar-refractivity contribution in [3.8, 4) is 0 Å². The first-order valence-corrected chi connectivity index (χ1v) is 11.8. The van der Waals surface area contributed by atoms with Crippen LogP contribution in [0.2, 0.25) is 10.0 Å². The number of carbonyl (C=O) groups is 3.